The van der Waals surface area contributed by atoms with Crippen LogP contribution in [0.3, 0.4) is 0 Å². The molecular weight excluding hydrogens is 455 g/mol. The number of benzene rings is 1. The summed E-state index contributed by atoms with van der Waals surface area (Å²) in [5, 5.41) is 18.8. The highest BCUT2D eigenvalue weighted by molar-refractivity contribution is 6.62. The van der Waals surface area contributed by atoms with Crippen LogP contribution in [0.25, 0.3) is 11.5 Å². The second-order valence-corrected chi connectivity index (χ2v) is 11.8. The van der Waals surface area contributed by atoms with Crippen molar-refractivity contribution in [2.24, 2.45) is 0 Å². The summed E-state index contributed by atoms with van der Waals surface area (Å²) in [6, 6.07) is 8.38. The number of rotatable bonds is 9. The van der Waals surface area contributed by atoms with Gasteiger partial charge in [0.15, 0.2) is 5.82 Å². The predicted octanol–water partition coefficient (Wildman–Crippen LogP) is 4.50. The van der Waals surface area contributed by atoms with Crippen LogP contribution in [-0.4, -0.2) is 48.9 Å². The van der Waals surface area contributed by atoms with Crippen LogP contribution >= 0.6 is 0 Å². The third-order valence-electron chi connectivity index (χ3n) is 7.45. The molecule has 4 rings (SSSR count). The van der Waals surface area contributed by atoms with E-state index in [1.807, 2.05) is 6.20 Å². The van der Waals surface area contributed by atoms with Gasteiger partial charge in [-0.3, -0.25) is 4.68 Å². The van der Waals surface area contributed by atoms with E-state index in [-0.39, 0.29) is 11.2 Å². The number of aromatic nitrogens is 4. The normalized spacial score (nSPS) is 19.0. The monoisotopic (exact) mass is 494 g/mol. The van der Waals surface area contributed by atoms with E-state index < -0.39 is 18.1 Å². The van der Waals surface area contributed by atoms with Crippen LogP contribution in [0.4, 0.5) is 0 Å². The van der Waals surface area contributed by atoms with Gasteiger partial charge < -0.3 is 18.9 Å². The Labute approximate surface area is 214 Å². The minimum Gasteiger partial charge on any atom is -0.399 e. The molecule has 1 aliphatic rings. The zero-order chi connectivity index (χ0) is 26.4. The highest BCUT2D eigenvalue weighted by Crippen LogP contribution is 2.38. The number of hydrogen-bond acceptors (Lipinski definition) is 7. The molecular formula is C27H39BN4O4. The van der Waals surface area contributed by atoms with Crippen molar-refractivity contribution < 1.29 is 18.9 Å². The Morgan fingerprint density at radius 3 is 2.25 bits per heavy atom. The maximum absolute atomic E-state index is 10.1. The lowest BCUT2D eigenvalue weighted by Crippen LogP contribution is -2.41. The first-order valence-corrected chi connectivity index (χ1v) is 12.8. The van der Waals surface area contributed by atoms with Gasteiger partial charge in [0, 0.05) is 6.20 Å². The Bertz CT molecular complexity index is 1160. The van der Waals surface area contributed by atoms with E-state index in [4.69, 9.17) is 18.8 Å². The molecule has 1 fully saturated rings. The van der Waals surface area contributed by atoms with Crippen molar-refractivity contribution in [3.05, 3.63) is 48.0 Å². The van der Waals surface area contributed by atoms with E-state index in [1.54, 1.807) is 24.7 Å². The zero-order valence-electron chi connectivity index (χ0n) is 22.8. The molecule has 1 atom stereocenters. The fourth-order valence-corrected chi connectivity index (χ4v) is 4.42. The molecule has 0 unspecified atom stereocenters. The molecule has 9 heteroatoms. The van der Waals surface area contributed by atoms with Gasteiger partial charge in [-0.1, -0.05) is 49.2 Å². The van der Waals surface area contributed by atoms with E-state index in [9.17, 15) is 5.11 Å². The van der Waals surface area contributed by atoms with Crippen LogP contribution in [0.2, 0.25) is 0 Å². The van der Waals surface area contributed by atoms with Crippen LogP contribution in [-0.2, 0) is 21.3 Å². The van der Waals surface area contributed by atoms with Crippen molar-refractivity contribution in [2.75, 3.05) is 0 Å². The fourth-order valence-electron chi connectivity index (χ4n) is 4.42. The largest absolute Gasteiger partial charge is 0.494 e. The molecule has 2 aromatic heterocycles. The molecule has 1 aromatic carbocycles. The van der Waals surface area contributed by atoms with Crippen molar-refractivity contribution in [3.63, 3.8) is 0 Å². The minimum atomic E-state index is -0.867. The van der Waals surface area contributed by atoms with Crippen molar-refractivity contribution in [2.45, 2.75) is 103 Å². The first kappa shape index (κ1) is 26.6. The first-order valence-electron chi connectivity index (χ1n) is 12.8. The topological polar surface area (TPSA) is 95.4 Å². The van der Waals surface area contributed by atoms with Gasteiger partial charge in [-0.2, -0.15) is 10.1 Å². The lowest BCUT2D eigenvalue weighted by atomic mass is 9.74. The molecule has 1 saturated heterocycles. The Morgan fingerprint density at radius 1 is 1.03 bits per heavy atom. The van der Waals surface area contributed by atoms with Crippen molar-refractivity contribution in [3.8, 4) is 11.5 Å². The van der Waals surface area contributed by atoms with Gasteiger partial charge in [0.1, 0.15) is 0 Å². The zero-order valence-corrected chi connectivity index (χ0v) is 22.8. The third-order valence-corrected chi connectivity index (χ3v) is 7.45. The van der Waals surface area contributed by atoms with Gasteiger partial charge in [0.25, 0.3) is 5.89 Å². The summed E-state index contributed by atoms with van der Waals surface area (Å²) in [5.41, 5.74) is 0.780. The van der Waals surface area contributed by atoms with Gasteiger partial charge in [-0.15, -0.1) is 0 Å². The summed E-state index contributed by atoms with van der Waals surface area (Å²) >= 11 is 0. The quantitative estimate of drug-likeness (QED) is 0.438. The number of aliphatic hydroxyl groups is 1. The minimum absolute atomic E-state index is 0.372. The summed E-state index contributed by atoms with van der Waals surface area (Å²) in [6.07, 6.45) is 6.49. The SMILES string of the molecule is CCCC[C@](C)(c1ccc(B2OC(C)(C)C(C)(C)O2)cc1)c1noc(-c2cnn(CC(C)(C)O)c2)n1. The second kappa shape index (κ2) is 9.43. The summed E-state index contributed by atoms with van der Waals surface area (Å²) in [5.74, 6) is 1.06. The molecule has 1 aliphatic heterocycles. The van der Waals surface area contributed by atoms with Crippen molar-refractivity contribution >= 4 is 12.6 Å². The smallest absolute Gasteiger partial charge is 0.399 e. The van der Waals surface area contributed by atoms with Crippen molar-refractivity contribution in [1.29, 1.82) is 0 Å². The van der Waals surface area contributed by atoms with Crippen LogP contribution in [0.1, 0.15) is 86.0 Å². The van der Waals surface area contributed by atoms with Gasteiger partial charge in [-0.25, -0.2) is 0 Å². The molecule has 0 radical (unpaired) electrons. The van der Waals surface area contributed by atoms with Gasteiger partial charge in [0.2, 0.25) is 0 Å². The maximum atomic E-state index is 10.1. The number of unbranched alkanes of at least 4 members (excludes halogenated alkanes) is 1. The molecule has 0 bridgehead atoms. The summed E-state index contributed by atoms with van der Waals surface area (Å²) in [6.45, 7) is 16.5. The van der Waals surface area contributed by atoms with Crippen LogP contribution in [0, 0.1) is 0 Å². The van der Waals surface area contributed by atoms with Crippen LogP contribution in [0.15, 0.2) is 41.2 Å². The fraction of sp³-hybridized carbons (Fsp3) is 0.593. The lowest BCUT2D eigenvalue weighted by molar-refractivity contribution is 0.00578. The molecule has 0 amide bonds. The molecule has 0 spiro atoms. The van der Waals surface area contributed by atoms with Crippen molar-refractivity contribution in [1.82, 2.24) is 19.9 Å². The molecule has 0 aliphatic carbocycles. The Hall–Kier alpha value is -2.49. The highest BCUT2D eigenvalue weighted by Gasteiger charge is 2.51. The second-order valence-electron chi connectivity index (χ2n) is 11.8. The summed E-state index contributed by atoms with van der Waals surface area (Å²) in [7, 11) is -0.400. The molecule has 3 heterocycles. The summed E-state index contributed by atoms with van der Waals surface area (Å²) in [4.78, 5) is 4.79. The predicted molar refractivity (Wildman–Crippen MR) is 140 cm³/mol. The molecule has 0 saturated carbocycles. The van der Waals surface area contributed by atoms with Crippen LogP contribution < -0.4 is 5.46 Å². The Balaban J connectivity index is 1.60. The number of nitrogens with zero attached hydrogens (tertiary/aromatic N) is 4. The average Bonchev–Trinajstić information content (AvgIpc) is 3.49. The van der Waals surface area contributed by atoms with E-state index in [0.29, 0.717) is 18.3 Å². The third kappa shape index (κ3) is 5.29. The van der Waals surface area contributed by atoms with Gasteiger partial charge in [-0.05, 0) is 65.9 Å². The Morgan fingerprint density at radius 2 is 1.67 bits per heavy atom. The van der Waals surface area contributed by atoms with E-state index >= 15 is 0 Å². The van der Waals surface area contributed by atoms with E-state index in [1.165, 1.54) is 0 Å². The first-order chi connectivity index (χ1) is 16.7. The summed E-state index contributed by atoms with van der Waals surface area (Å²) < 4.78 is 19.8. The van der Waals surface area contributed by atoms with Gasteiger partial charge >= 0.3 is 7.12 Å². The lowest BCUT2D eigenvalue weighted by Gasteiger charge is -2.32. The molecule has 36 heavy (non-hydrogen) atoms. The number of hydrogen-bond donors (Lipinski definition) is 1. The Kier molecular flexibility index (Phi) is 6.96. The molecule has 1 N–H and O–H groups in total. The van der Waals surface area contributed by atoms with Gasteiger partial charge in [0.05, 0.1) is 40.5 Å². The van der Waals surface area contributed by atoms with Crippen LogP contribution in [0.5, 0.6) is 0 Å². The van der Waals surface area contributed by atoms with E-state index in [2.05, 4.69) is 76.1 Å². The molecule has 3 aromatic rings. The average molecular weight is 494 g/mol. The standard InChI is InChI=1S/C27H39BN4O4/c1-9-10-15-27(8,20-11-13-21(14-12-20)28-35-25(4,5)26(6,7)36-28)23-30-22(34-31-23)19-16-29-32(17-19)18-24(2,3)33/h11-14,16-17,33H,9-10,15,18H2,1-8H3/t27-/m1/s1. The molecule has 8 nitrogen and oxygen atoms in total. The van der Waals surface area contributed by atoms with E-state index in [0.717, 1.165) is 35.9 Å². The maximum Gasteiger partial charge on any atom is 0.494 e. The molecule has 194 valence electrons. The highest BCUT2D eigenvalue weighted by atomic mass is 16.7.